The lowest BCUT2D eigenvalue weighted by Gasteiger charge is -2.21. The van der Waals surface area contributed by atoms with Crippen molar-refractivity contribution in [1.82, 2.24) is 4.98 Å². The molecule has 0 unspecified atom stereocenters. The van der Waals surface area contributed by atoms with Crippen molar-refractivity contribution in [2.75, 3.05) is 17.2 Å². The second kappa shape index (κ2) is 7.81. The van der Waals surface area contributed by atoms with Crippen LogP contribution in [0.4, 0.5) is 17.3 Å². The molecule has 21 heavy (non-hydrogen) atoms. The van der Waals surface area contributed by atoms with E-state index in [1.165, 1.54) is 44.2 Å². The molecule has 116 valence electrons. The fraction of sp³-hybridized carbons (Fsp3) is 0.667. The molecule has 0 aromatic carbocycles. The van der Waals surface area contributed by atoms with Gasteiger partial charge < -0.3 is 10.6 Å². The number of nitrogens with one attached hydrogen (secondary N) is 2. The fourth-order valence-electron chi connectivity index (χ4n) is 2.78. The summed E-state index contributed by atoms with van der Waals surface area (Å²) in [6.07, 6.45) is 8.54. The Hall–Kier alpha value is -1.85. The van der Waals surface area contributed by atoms with Crippen LogP contribution in [0.5, 0.6) is 0 Å². The van der Waals surface area contributed by atoms with Crippen LogP contribution in [-0.2, 0) is 0 Å². The van der Waals surface area contributed by atoms with Gasteiger partial charge in [-0.2, -0.15) is 0 Å². The summed E-state index contributed by atoms with van der Waals surface area (Å²) < 4.78 is 0. The number of hydrogen-bond acceptors (Lipinski definition) is 5. The molecule has 0 amide bonds. The van der Waals surface area contributed by atoms with Gasteiger partial charge in [-0.1, -0.05) is 32.1 Å². The van der Waals surface area contributed by atoms with Gasteiger partial charge in [0, 0.05) is 12.6 Å². The third-order valence-electron chi connectivity index (χ3n) is 3.84. The van der Waals surface area contributed by atoms with E-state index in [-0.39, 0.29) is 10.6 Å². The van der Waals surface area contributed by atoms with Crippen LogP contribution < -0.4 is 10.6 Å². The Kier molecular flexibility index (Phi) is 5.78. The Labute approximate surface area is 125 Å². The number of nitro groups is 1. The van der Waals surface area contributed by atoms with E-state index in [2.05, 4.69) is 15.6 Å². The molecule has 2 N–H and O–H groups in total. The Morgan fingerprint density at radius 2 is 1.81 bits per heavy atom. The van der Waals surface area contributed by atoms with Crippen molar-refractivity contribution in [3.8, 4) is 0 Å². The SMILES string of the molecule is CCNc1cc([N+](=O)[O-])cc(NC2CCCCCCC2)n1. The van der Waals surface area contributed by atoms with Gasteiger partial charge in [0.05, 0.1) is 17.1 Å². The second-order valence-electron chi connectivity index (χ2n) is 5.57. The summed E-state index contributed by atoms with van der Waals surface area (Å²) >= 11 is 0. The number of pyridine rings is 1. The minimum atomic E-state index is -0.369. The van der Waals surface area contributed by atoms with E-state index in [0.29, 0.717) is 24.2 Å². The summed E-state index contributed by atoms with van der Waals surface area (Å²) in [6.45, 7) is 2.64. The largest absolute Gasteiger partial charge is 0.370 e. The molecule has 6 heteroatoms. The molecule has 1 aromatic rings. The highest BCUT2D eigenvalue weighted by Gasteiger charge is 2.15. The monoisotopic (exact) mass is 292 g/mol. The first-order valence-electron chi connectivity index (χ1n) is 7.86. The molecule has 0 saturated heterocycles. The van der Waals surface area contributed by atoms with E-state index in [0.717, 1.165) is 12.8 Å². The first-order chi connectivity index (χ1) is 10.2. The van der Waals surface area contributed by atoms with Gasteiger partial charge in [-0.3, -0.25) is 10.1 Å². The third kappa shape index (κ3) is 4.88. The normalized spacial score (nSPS) is 16.8. The molecular weight excluding hydrogens is 268 g/mol. The maximum atomic E-state index is 11.0. The maximum Gasteiger partial charge on any atom is 0.276 e. The van der Waals surface area contributed by atoms with Crippen LogP contribution in [0.2, 0.25) is 0 Å². The number of hydrogen-bond donors (Lipinski definition) is 2. The van der Waals surface area contributed by atoms with Gasteiger partial charge in [-0.25, -0.2) is 4.98 Å². The van der Waals surface area contributed by atoms with E-state index in [1.54, 1.807) is 0 Å². The molecule has 2 rings (SSSR count). The lowest BCUT2D eigenvalue weighted by Crippen LogP contribution is -2.21. The van der Waals surface area contributed by atoms with Crippen LogP contribution in [0.3, 0.4) is 0 Å². The molecule has 6 nitrogen and oxygen atoms in total. The zero-order valence-corrected chi connectivity index (χ0v) is 12.6. The number of aromatic nitrogens is 1. The van der Waals surface area contributed by atoms with Crippen molar-refractivity contribution >= 4 is 17.3 Å². The highest BCUT2D eigenvalue weighted by Crippen LogP contribution is 2.24. The average molecular weight is 292 g/mol. The minimum Gasteiger partial charge on any atom is -0.370 e. The number of rotatable bonds is 5. The first kappa shape index (κ1) is 15.5. The first-order valence-corrected chi connectivity index (χ1v) is 7.86. The summed E-state index contributed by atoms with van der Waals surface area (Å²) in [4.78, 5) is 15.1. The molecule has 1 saturated carbocycles. The smallest absolute Gasteiger partial charge is 0.276 e. The van der Waals surface area contributed by atoms with E-state index in [1.807, 2.05) is 6.92 Å². The summed E-state index contributed by atoms with van der Waals surface area (Å²) in [5.74, 6) is 1.16. The van der Waals surface area contributed by atoms with Crippen LogP contribution in [0, 0.1) is 10.1 Å². The van der Waals surface area contributed by atoms with Crippen molar-refractivity contribution in [2.45, 2.75) is 57.9 Å². The molecule has 1 aliphatic rings. The molecule has 0 atom stereocenters. The summed E-state index contributed by atoms with van der Waals surface area (Å²) in [5, 5.41) is 17.5. The Morgan fingerprint density at radius 1 is 1.19 bits per heavy atom. The number of anilines is 2. The summed E-state index contributed by atoms with van der Waals surface area (Å²) in [7, 11) is 0. The fourth-order valence-corrected chi connectivity index (χ4v) is 2.78. The molecular formula is C15H24N4O2. The Balaban J connectivity index is 2.11. The number of nitrogens with zero attached hydrogens (tertiary/aromatic N) is 2. The van der Waals surface area contributed by atoms with E-state index in [4.69, 9.17) is 0 Å². The van der Waals surface area contributed by atoms with Gasteiger partial charge >= 0.3 is 0 Å². The zero-order valence-electron chi connectivity index (χ0n) is 12.6. The Morgan fingerprint density at radius 3 is 2.43 bits per heavy atom. The predicted molar refractivity (Wildman–Crippen MR) is 84.8 cm³/mol. The zero-order chi connectivity index (χ0) is 15.1. The van der Waals surface area contributed by atoms with Gasteiger partial charge in [0.1, 0.15) is 11.6 Å². The standard InChI is InChI=1S/C15H24N4O2/c1-2-16-14-10-13(19(20)21)11-15(18-14)17-12-8-6-4-3-5-7-9-12/h10-12H,2-9H2,1H3,(H2,16,17,18). The van der Waals surface area contributed by atoms with Crippen molar-refractivity contribution in [3.63, 3.8) is 0 Å². The average Bonchev–Trinajstić information content (AvgIpc) is 2.42. The molecule has 0 aliphatic heterocycles. The molecule has 0 bridgehead atoms. The van der Waals surface area contributed by atoms with Crippen molar-refractivity contribution < 1.29 is 4.92 Å². The molecule has 1 aliphatic carbocycles. The van der Waals surface area contributed by atoms with Crippen LogP contribution in [0.15, 0.2) is 12.1 Å². The highest BCUT2D eigenvalue weighted by molar-refractivity contribution is 5.55. The predicted octanol–water partition coefficient (Wildman–Crippen LogP) is 3.95. The Bertz CT molecular complexity index is 471. The second-order valence-corrected chi connectivity index (χ2v) is 5.57. The molecule has 1 heterocycles. The van der Waals surface area contributed by atoms with Gasteiger partial charge in [-0.05, 0) is 19.8 Å². The van der Waals surface area contributed by atoms with Crippen molar-refractivity contribution in [3.05, 3.63) is 22.2 Å². The van der Waals surface area contributed by atoms with E-state index < -0.39 is 0 Å². The van der Waals surface area contributed by atoms with Crippen molar-refractivity contribution in [1.29, 1.82) is 0 Å². The van der Waals surface area contributed by atoms with Crippen molar-refractivity contribution in [2.24, 2.45) is 0 Å². The van der Waals surface area contributed by atoms with Crippen LogP contribution in [-0.4, -0.2) is 22.5 Å². The van der Waals surface area contributed by atoms with Crippen LogP contribution >= 0.6 is 0 Å². The maximum absolute atomic E-state index is 11.0. The van der Waals surface area contributed by atoms with Gasteiger partial charge in [-0.15, -0.1) is 0 Å². The quantitative estimate of drug-likeness (QED) is 0.634. The summed E-state index contributed by atoms with van der Waals surface area (Å²) in [6, 6.07) is 3.38. The van der Waals surface area contributed by atoms with E-state index in [9.17, 15) is 10.1 Å². The van der Waals surface area contributed by atoms with Gasteiger partial charge in [0.25, 0.3) is 5.69 Å². The molecule has 1 fully saturated rings. The van der Waals surface area contributed by atoms with E-state index >= 15 is 0 Å². The molecule has 0 radical (unpaired) electrons. The highest BCUT2D eigenvalue weighted by atomic mass is 16.6. The minimum absolute atomic E-state index is 0.0781. The van der Waals surface area contributed by atoms with Crippen LogP contribution in [0.25, 0.3) is 0 Å². The lowest BCUT2D eigenvalue weighted by molar-refractivity contribution is -0.384. The topological polar surface area (TPSA) is 80.1 Å². The lowest BCUT2D eigenvalue weighted by atomic mass is 9.97. The van der Waals surface area contributed by atoms with Gasteiger partial charge in [0.15, 0.2) is 0 Å². The van der Waals surface area contributed by atoms with Crippen LogP contribution in [0.1, 0.15) is 51.9 Å². The molecule has 1 aromatic heterocycles. The molecule has 0 spiro atoms. The third-order valence-corrected chi connectivity index (χ3v) is 3.84. The summed E-state index contributed by atoms with van der Waals surface area (Å²) in [5.41, 5.74) is 0.0781. The van der Waals surface area contributed by atoms with Gasteiger partial charge in [0.2, 0.25) is 0 Å².